The summed E-state index contributed by atoms with van der Waals surface area (Å²) in [5.74, 6) is 0. The number of rotatable bonds is 3. The highest BCUT2D eigenvalue weighted by Gasteiger charge is 2.27. The summed E-state index contributed by atoms with van der Waals surface area (Å²) in [5.41, 5.74) is 2.75. The molecule has 1 saturated heterocycles. The number of aromatic nitrogens is 1. The quantitative estimate of drug-likeness (QED) is 0.797. The van der Waals surface area contributed by atoms with Crippen LogP contribution in [0.2, 0.25) is 0 Å². The Bertz CT molecular complexity index is 439. The molecule has 0 amide bonds. The molecule has 17 heavy (non-hydrogen) atoms. The molecule has 0 saturated carbocycles. The molecule has 1 fully saturated rings. The second-order valence-electron chi connectivity index (χ2n) is 4.41. The van der Waals surface area contributed by atoms with Gasteiger partial charge in [-0.15, -0.1) is 0 Å². The van der Waals surface area contributed by atoms with E-state index in [0.717, 1.165) is 30.6 Å². The first-order valence-corrected chi connectivity index (χ1v) is 5.88. The molecular weight excluding hydrogens is 214 g/mol. The minimum absolute atomic E-state index is 0.383. The Balaban J connectivity index is 2.36. The highest BCUT2D eigenvalue weighted by Crippen LogP contribution is 2.30. The van der Waals surface area contributed by atoms with Gasteiger partial charge in [-0.05, 0) is 25.3 Å². The smallest absolute Gasteiger partial charge is 0.103 e. The van der Waals surface area contributed by atoms with Gasteiger partial charge in [-0.25, -0.2) is 0 Å². The maximum Gasteiger partial charge on any atom is 0.103 e. The van der Waals surface area contributed by atoms with Crippen LogP contribution >= 0.6 is 0 Å². The van der Waals surface area contributed by atoms with Crippen LogP contribution in [0.15, 0.2) is 12.4 Å². The SMILES string of the molecule is COCC1CCCN1c1c(C)cncc1C#N. The third kappa shape index (κ3) is 2.25. The number of nitrogens with zero attached hydrogens (tertiary/aromatic N) is 3. The molecule has 4 nitrogen and oxygen atoms in total. The average molecular weight is 231 g/mol. The van der Waals surface area contributed by atoms with E-state index in [4.69, 9.17) is 4.74 Å². The molecule has 0 aliphatic carbocycles. The van der Waals surface area contributed by atoms with E-state index >= 15 is 0 Å². The zero-order valence-electron chi connectivity index (χ0n) is 10.3. The molecule has 0 N–H and O–H groups in total. The minimum Gasteiger partial charge on any atom is -0.383 e. The van der Waals surface area contributed by atoms with E-state index in [2.05, 4.69) is 16.0 Å². The second kappa shape index (κ2) is 5.15. The minimum atomic E-state index is 0.383. The number of anilines is 1. The first-order valence-electron chi connectivity index (χ1n) is 5.88. The van der Waals surface area contributed by atoms with Crippen LogP contribution in [0, 0.1) is 18.3 Å². The van der Waals surface area contributed by atoms with Gasteiger partial charge < -0.3 is 9.64 Å². The summed E-state index contributed by atoms with van der Waals surface area (Å²) in [5, 5.41) is 9.17. The van der Waals surface area contributed by atoms with Crippen molar-refractivity contribution in [2.24, 2.45) is 0 Å². The summed E-state index contributed by atoms with van der Waals surface area (Å²) in [4.78, 5) is 6.37. The zero-order chi connectivity index (χ0) is 12.3. The summed E-state index contributed by atoms with van der Waals surface area (Å²) in [7, 11) is 1.72. The number of pyridine rings is 1. The second-order valence-corrected chi connectivity index (χ2v) is 4.41. The lowest BCUT2D eigenvalue weighted by molar-refractivity contribution is 0.181. The van der Waals surface area contributed by atoms with Gasteiger partial charge in [0.1, 0.15) is 6.07 Å². The van der Waals surface area contributed by atoms with Crippen molar-refractivity contribution in [1.82, 2.24) is 4.98 Å². The summed E-state index contributed by atoms with van der Waals surface area (Å²) in [6.07, 6.45) is 5.74. The fourth-order valence-corrected chi connectivity index (χ4v) is 2.52. The van der Waals surface area contributed by atoms with Crippen LogP contribution in [0.4, 0.5) is 5.69 Å². The molecule has 1 unspecified atom stereocenters. The molecule has 90 valence electrons. The predicted octanol–water partition coefficient (Wildman–Crippen LogP) is 1.88. The van der Waals surface area contributed by atoms with E-state index in [1.165, 1.54) is 0 Å². The van der Waals surface area contributed by atoms with Gasteiger partial charge in [0, 0.05) is 26.0 Å². The van der Waals surface area contributed by atoms with Crippen molar-refractivity contribution >= 4 is 5.69 Å². The lowest BCUT2D eigenvalue weighted by Gasteiger charge is -2.28. The van der Waals surface area contributed by atoms with Gasteiger partial charge in [-0.1, -0.05) is 0 Å². The third-order valence-electron chi connectivity index (χ3n) is 3.24. The number of hydrogen-bond acceptors (Lipinski definition) is 4. The van der Waals surface area contributed by atoms with Gasteiger partial charge in [0.25, 0.3) is 0 Å². The number of methoxy groups -OCH3 is 1. The van der Waals surface area contributed by atoms with Crippen molar-refractivity contribution in [3.8, 4) is 6.07 Å². The summed E-state index contributed by atoms with van der Waals surface area (Å²) < 4.78 is 5.25. The molecular formula is C13H17N3O. The topological polar surface area (TPSA) is 49.1 Å². The van der Waals surface area contributed by atoms with Crippen LogP contribution in [0.3, 0.4) is 0 Å². The highest BCUT2D eigenvalue weighted by atomic mass is 16.5. The molecule has 4 heteroatoms. The summed E-state index contributed by atoms with van der Waals surface area (Å²) in [6.45, 7) is 3.71. The Kier molecular flexibility index (Phi) is 3.60. The number of hydrogen-bond donors (Lipinski definition) is 0. The molecule has 0 radical (unpaired) electrons. The van der Waals surface area contributed by atoms with Crippen molar-refractivity contribution in [2.45, 2.75) is 25.8 Å². The normalized spacial score (nSPS) is 19.4. The monoisotopic (exact) mass is 231 g/mol. The Hall–Kier alpha value is -1.60. The van der Waals surface area contributed by atoms with Crippen LogP contribution in [0.5, 0.6) is 0 Å². The first kappa shape index (κ1) is 11.9. The average Bonchev–Trinajstić information content (AvgIpc) is 2.77. The van der Waals surface area contributed by atoms with Crippen molar-refractivity contribution < 1.29 is 4.74 Å². The Morgan fingerprint density at radius 1 is 1.59 bits per heavy atom. The standard InChI is InChI=1S/C13H17N3O/c1-10-7-15-8-11(6-14)13(10)16-5-3-4-12(16)9-17-2/h7-8,12H,3-5,9H2,1-2H3. The van der Waals surface area contributed by atoms with E-state index < -0.39 is 0 Å². The van der Waals surface area contributed by atoms with E-state index in [1.54, 1.807) is 13.3 Å². The molecule has 1 aromatic heterocycles. The summed E-state index contributed by atoms with van der Waals surface area (Å²) >= 11 is 0. The maximum atomic E-state index is 9.17. The van der Waals surface area contributed by atoms with E-state index in [1.807, 2.05) is 13.1 Å². The van der Waals surface area contributed by atoms with Gasteiger partial charge in [-0.3, -0.25) is 4.98 Å². The molecule has 1 aromatic rings. The Morgan fingerprint density at radius 2 is 2.41 bits per heavy atom. The van der Waals surface area contributed by atoms with Crippen molar-refractivity contribution in [2.75, 3.05) is 25.2 Å². The van der Waals surface area contributed by atoms with Crippen LogP contribution in [-0.2, 0) is 4.74 Å². The zero-order valence-corrected chi connectivity index (χ0v) is 10.3. The van der Waals surface area contributed by atoms with Crippen LogP contribution < -0.4 is 4.90 Å². The van der Waals surface area contributed by atoms with Gasteiger partial charge in [0.15, 0.2) is 0 Å². The molecule has 1 aliphatic heterocycles. The van der Waals surface area contributed by atoms with Crippen molar-refractivity contribution in [1.29, 1.82) is 5.26 Å². The van der Waals surface area contributed by atoms with Gasteiger partial charge in [0.2, 0.25) is 0 Å². The maximum absolute atomic E-state index is 9.17. The number of aryl methyl sites for hydroxylation is 1. The molecule has 0 aromatic carbocycles. The first-order chi connectivity index (χ1) is 8.27. The summed E-state index contributed by atoms with van der Waals surface area (Å²) in [6, 6.07) is 2.61. The van der Waals surface area contributed by atoms with Crippen LogP contribution in [0.1, 0.15) is 24.0 Å². The Morgan fingerprint density at radius 3 is 3.12 bits per heavy atom. The number of ether oxygens (including phenoxy) is 1. The fourth-order valence-electron chi connectivity index (χ4n) is 2.52. The largest absolute Gasteiger partial charge is 0.383 e. The van der Waals surface area contributed by atoms with E-state index in [0.29, 0.717) is 18.2 Å². The van der Waals surface area contributed by atoms with Crippen LogP contribution in [-0.4, -0.2) is 31.3 Å². The number of nitriles is 1. The molecule has 1 aliphatic rings. The fraction of sp³-hybridized carbons (Fsp3) is 0.538. The molecule has 1 atom stereocenters. The van der Waals surface area contributed by atoms with Crippen molar-refractivity contribution in [3.05, 3.63) is 23.5 Å². The molecule has 2 heterocycles. The van der Waals surface area contributed by atoms with Crippen LogP contribution in [0.25, 0.3) is 0 Å². The van der Waals surface area contributed by atoms with E-state index in [9.17, 15) is 5.26 Å². The van der Waals surface area contributed by atoms with E-state index in [-0.39, 0.29) is 0 Å². The van der Waals surface area contributed by atoms with Gasteiger partial charge in [0.05, 0.1) is 23.9 Å². The molecule has 0 spiro atoms. The van der Waals surface area contributed by atoms with Gasteiger partial charge >= 0.3 is 0 Å². The molecule has 0 bridgehead atoms. The van der Waals surface area contributed by atoms with Crippen molar-refractivity contribution in [3.63, 3.8) is 0 Å². The highest BCUT2D eigenvalue weighted by molar-refractivity contribution is 5.63. The lowest BCUT2D eigenvalue weighted by Crippen LogP contribution is -2.33. The molecule has 2 rings (SSSR count). The third-order valence-corrected chi connectivity index (χ3v) is 3.24. The lowest BCUT2D eigenvalue weighted by atomic mass is 10.1. The van der Waals surface area contributed by atoms with Gasteiger partial charge in [-0.2, -0.15) is 5.26 Å². The Labute approximate surface area is 102 Å². The predicted molar refractivity (Wildman–Crippen MR) is 65.9 cm³/mol.